The number of pyridine rings is 1. The van der Waals surface area contributed by atoms with Crippen LogP contribution in [0.2, 0.25) is 5.02 Å². The van der Waals surface area contributed by atoms with Gasteiger partial charge in [-0.05, 0) is 116 Å². The molecule has 2 aromatic heterocycles. The van der Waals surface area contributed by atoms with Crippen LogP contribution < -0.4 is 15.8 Å². The monoisotopic (exact) mass is 1070 g/mol. The molecule has 75 heavy (non-hydrogen) atoms. The Morgan fingerprint density at radius 1 is 0.893 bits per heavy atom. The first-order valence-electron chi connectivity index (χ1n) is 24.3. The smallest absolute Gasteiger partial charge is 0.410 e. The Bertz CT molecular complexity index is 2830. The number of nitrogen functional groups attached to an aromatic ring is 1. The standard InChI is InChI=1S/C53H61ClN8O12S/c1-30(24-41(63)39-12-10-22-61(39)50(67)73-52(3,4)5)48(65)71-28-37(72-49(66)31(2)58-45(64)40-13-11-23-62(40)51(68)74-53(6,7)8)27-69-36-20-16-32(17-21-36)42-38(25-55)47(60-44(56)43(42)57-9)75-29-35-26-70-46(59-35)33-14-18-34(54)19-15-33/h14-21,26,30-31,37,39-40H,10-13,22-24,27-29H2,1-8H3,(H2,56,60)(H,58,64)/t30-,31+,37+,39+,40+/m1/s1. The van der Waals surface area contributed by atoms with Gasteiger partial charge in [0, 0.05) is 41.4 Å². The van der Waals surface area contributed by atoms with Gasteiger partial charge in [-0.15, -0.1) is 0 Å². The number of aromatic nitrogens is 2. The predicted octanol–water partition coefficient (Wildman–Crippen LogP) is 9.09. The number of oxazole rings is 1. The molecule has 4 aromatic rings. The Morgan fingerprint density at radius 3 is 2.09 bits per heavy atom. The van der Waals surface area contributed by atoms with Crippen LogP contribution in [0, 0.1) is 23.8 Å². The zero-order valence-corrected chi connectivity index (χ0v) is 44.7. The third-order valence-electron chi connectivity index (χ3n) is 11.7. The molecule has 6 rings (SSSR count). The van der Waals surface area contributed by atoms with Gasteiger partial charge in [0.05, 0.1) is 29.8 Å². The molecule has 3 amide bonds. The Hall–Kier alpha value is -7.36. The highest BCUT2D eigenvalue weighted by Crippen LogP contribution is 2.42. The third kappa shape index (κ3) is 15.4. The van der Waals surface area contributed by atoms with Crippen molar-refractivity contribution < 1.29 is 56.9 Å². The maximum atomic E-state index is 13.6. The second kappa shape index (κ2) is 24.8. The van der Waals surface area contributed by atoms with E-state index in [1.807, 2.05) is 0 Å². The van der Waals surface area contributed by atoms with Gasteiger partial charge in [-0.1, -0.05) is 42.4 Å². The average Bonchev–Trinajstić information content (AvgIpc) is 4.16. The van der Waals surface area contributed by atoms with Crippen LogP contribution in [0.3, 0.4) is 0 Å². The summed E-state index contributed by atoms with van der Waals surface area (Å²) in [6.45, 7) is 20.9. The SMILES string of the molecule is [C-]#[N+]c1c(N)nc(SCc2coc(-c3ccc(Cl)cc3)n2)c(C#N)c1-c1ccc(OC[C@@H](COC(=O)[C@H](C)CC(=O)[C@@H]2CCCN2C(=O)OC(C)(C)C)OC(=O)[C@H](C)NC(=O)[C@@H]2CCCN2C(=O)OC(C)(C)C)cc1. The van der Waals surface area contributed by atoms with E-state index >= 15 is 0 Å². The van der Waals surface area contributed by atoms with E-state index < -0.39 is 78.0 Å². The Kier molecular flexibility index (Phi) is 18.8. The van der Waals surface area contributed by atoms with Gasteiger partial charge in [0.2, 0.25) is 17.5 Å². The first kappa shape index (κ1) is 56.9. The number of nitriles is 1. The number of amides is 3. The molecule has 0 aliphatic carbocycles. The maximum absolute atomic E-state index is 13.6. The molecule has 0 spiro atoms. The summed E-state index contributed by atoms with van der Waals surface area (Å²) in [6.07, 6.45) is 0.640. The first-order valence-corrected chi connectivity index (χ1v) is 25.7. The lowest BCUT2D eigenvalue weighted by Gasteiger charge is -2.28. The number of rotatable bonds is 18. The normalized spacial score (nSPS) is 16.7. The highest BCUT2D eigenvalue weighted by atomic mass is 35.5. The molecule has 20 nitrogen and oxygen atoms in total. The summed E-state index contributed by atoms with van der Waals surface area (Å²) in [5, 5.41) is 13.9. The van der Waals surface area contributed by atoms with Gasteiger partial charge < -0.3 is 39.2 Å². The largest absolute Gasteiger partial charge is 0.490 e. The Balaban J connectivity index is 1.15. The number of Topliss-reactive ketones (excluding diaryl/α,β-unsaturated/α-hetero) is 1. The lowest BCUT2D eigenvalue weighted by molar-refractivity contribution is -0.164. The van der Waals surface area contributed by atoms with Crippen LogP contribution in [-0.2, 0) is 43.9 Å². The van der Waals surface area contributed by atoms with Gasteiger partial charge in [-0.3, -0.25) is 24.2 Å². The van der Waals surface area contributed by atoms with Crippen molar-refractivity contribution in [1.82, 2.24) is 25.1 Å². The van der Waals surface area contributed by atoms with Gasteiger partial charge in [0.25, 0.3) is 0 Å². The molecule has 0 radical (unpaired) electrons. The van der Waals surface area contributed by atoms with E-state index in [0.717, 1.165) is 5.56 Å². The number of nitrogens with zero attached hydrogens (tertiary/aromatic N) is 6. The number of nitrogens with one attached hydrogen (secondary N) is 1. The highest BCUT2D eigenvalue weighted by molar-refractivity contribution is 7.98. The zero-order valence-electron chi connectivity index (χ0n) is 43.1. The summed E-state index contributed by atoms with van der Waals surface area (Å²) in [5.41, 5.74) is 6.80. The van der Waals surface area contributed by atoms with Crippen LogP contribution in [-0.4, -0.2) is 117 Å². The summed E-state index contributed by atoms with van der Waals surface area (Å²) in [7, 11) is 0. The second-order valence-electron chi connectivity index (χ2n) is 20.1. The van der Waals surface area contributed by atoms with Crippen molar-refractivity contribution in [3.05, 3.63) is 82.5 Å². The van der Waals surface area contributed by atoms with Gasteiger partial charge >= 0.3 is 24.1 Å². The van der Waals surface area contributed by atoms with Crippen LogP contribution in [0.5, 0.6) is 5.75 Å². The van der Waals surface area contributed by atoms with E-state index in [0.29, 0.717) is 60.9 Å². The molecule has 2 saturated heterocycles. The van der Waals surface area contributed by atoms with Crippen LogP contribution >= 0.6 is 23.4 Å². The van der Waals surface area contributed by atoms with E-state index in [4.69, 9.17) is 52.0 Å². The lowest BCUT2D eigenvalue weighted by atomic mass is 9.99. The van der Waals surface area contributed by atoms with Crippen molar-refractivity contribution in [1.29, 1.82) is 5.26 Å². The molecule has 5 atom stereocenters. The molecule has 2 aliphatic heterocycles. The topological polar surface area (TPSA) is 260 Å². The molecule has 2 aliphatic rings. The van der Waals surface area contributed by atoms with Crippen molar-refractivity contribution in [3.63, 3.8) is 0 Å². The fourth-order valence-corrected chi connectivity index (χ4v) is 9.13. The first-order chi connectivity index (χ1) is 35.4. The molecule has 22 heteroatoms. The Morgan fingerprint density at radius 2 is 1.49 bits per heavy atom. The van der Waals surface area contributed by atoms with E-state index in [9.17, 15) is 34.0 Å². The molecule has 4 heterocycles. The van der Waals surface area contributed by atoms with Crippen LogP contribution in [0.1, 0.15) is 98.8 Å². The fraction of sp³-hybridized carbons (Fsp3) is 0.472. The number of ether oxygens (including phenoxy) is 5. The van der Waals surface area contributed by atoms with Crippen molar-refractivity contribution in [2.45, 2.75) is 134 Å². The molecular weight excluding hydrogens is 1010 g/mol. The molecule has 0 bridgehead atoms. The second-order valence-corrected chi connectivity index (χ2v) is 21.5. The van der Waals surface area contributed by atoms with Crippen LogP contribution in [0.4, 0.5) is 21.1 Å². The number of halogens is 1. The fourth-order valence-electron chi connectivity index (χ4n) is 8.13. The Labute approximate surface area is 444 Å². The number of thioether (sulfide) groups is 1. The minimum absolute atomic E-state index is 0.0314. The number of esters is 2. The van der Waals surface area contributed by atoms with Crippen LogP contribution in [0.25, 0.3) is 27.4 Å². The number of hydrogen-bond donors (Lipinski definition) is 2. The summed E-state index contributed by atoms with van der Waals surface area (Å²) < 4.78 is 34.1. The summed E-state index contributed by atoms with van der Waals surface area (Å²) >= 11 is 7.22. The highest BCUT2D eigenvalue weighted by Gasteiger charge is 2.39. The minimum Gasteiger partial charge on any atom is -0.490 e. The van der Waals surface area contributed by atoms with E-state index in [1.165, 1.54) is 41.7 Å². The van der Waals surface area contributed by atoms with Crippen molar-refractivity contribution in [2.75, 3.05) is 32.0 Å². The van der Waals surface area contributed by atoms with E-state index in [-0.39, 0.29) is 58.0 Å². The number of hydrogen-bond acceptors (Lipinski definition) is 17. The number of carbonyl (C=O) groups is 6. The summed E-state index contributed by atoms with van der Waals surface area (Å²) in [5.74, 6) is -2.74. The predicted molar refractivity (Wildman–Crippen MR) is 276 cm³/mol. The maximum Gasteiger partial charge on any atom is 0.410 e. The molecule has 0 unspecified atom stereocenters. The summed E-state index contributed by atoms with van der Waals surface area (Å²) in [6, 6.07) is 12.6. The molecule has 3 N–H and O–H groups in total. The van der Waals surface area contributed by atoms with Crippen molar-refractivity contribution in [3.8, 4) is 34.4 Å². The quantitative estimate of drug-likeness (QED) is 0.0407. The average molecular weight is 1070 g/mol. The zero-order chi connectivity index (χ0) is 54.8. The summed E-state index contributed by atoms with van der Waals surface area (Å²) in [4.78, 5) is 95.0. The third-order valence-corrected chi connectivity index (χ3v) is 13.0. The van der Waals surface area contributed by atoms with E-state index in [1.54, 1.807) is 90.1 Å². The molecule has 2 fully saturated rings. The van der Waals surface area contributed by atoms with Crippen molar-refractivity contribution in [2.24, 2.45) is 5.92 Å². The van der Waals surface area contributed by atoms with Gasteiger partial charge in [-0.25, -0.2) is 29.2 Å². The number of ketones is 1. The molecule has 398 valence electrons. The molecule has 0 saturated carbocycles. The molecule has 2 aromatic carbocycles. The lowest BCUT2D eigenvalue weighted by Crippen LogP contribution is -2.51. The molecular formula is C53H61ClN8O12S. The van der Waals surface area contributed by atoms with Gasteiger partial charge in [0.1, 0.15) is 65.4 Å². The number of anilines is 1. The number of nitrogens with two attached hydrogens (primary N) is 1. The minimum atomic E-state index is -1.25. The number of carbonyl (C=O) groups excluding carboxylic acids is 6. The van der Waals surface area contributed by atoms with Crippen LogP contribution in [0.15, 0.2) is 64.2 Å². The van der Waals surface area contributed by atoms with Gasteiger partial charge in [-0.2, -0.15) is 5.26 Å². The van der Waals surface area contributed by atoms with Gasteiger partial charge in [0.15, 0.2) is 11.9 Å². The number of likely N-dealkylation sites (tertiary alicyclic amines) is 2. The number of benzene rings is 2. The van der Waals surface area contributed by atoms with Crippen molar-refractivity contribution >= 4 is 70.7 Å². The van der Waals surface area contributed by atoms with E-state index in [2.05, 4.69) is 26.2 Å².